The number of nitrogens with one attached hydrogen (secondary N) is 1. The number of aromatic hydroxyl groups is 2. The molecule has 12 nitrogen and oxygen atoms in total. The predicted octanol–water partition coefficient (Wildman–Crippen LogP) is 0.628. The Kier molecular flexibility index (Phi) is 6.44. The molecule has 6 atom stereocenters. The molecule has 6 rings (SSSR count). The molecule has 0 spiro atoms. The van der Waals surface area contributed by atoms with Gasteiger partial charge in [-0.05, 0) is 13.0 Å². The number of phenols is 2. The van der Waals surface area contributed by atoms with Crippen LogP contribution >= 0.6 is 0 Å². The highest BCUT2D eigenvalue weighted by molar-refractivity contribution is 6.31. The average molecular weight is 556 g/mol. The second-order valence-corrected chi connectivity index (χ2v) is 10.6. The van der Waals surface area contributed by atoms with Crippen LogP contribution in [0.15, 0.2) is 18.2 Å². The van der Waals surface area contributed by atoms with Crippen molar-refractivity contribution in [1.82, 2.24) is 5.32 Å². The zero-order valence-corrected chi connectivity index (χ0v) is 21.8. The monoisotopic (exact) mass is 555 g/mol. The lowest BCUT2D eigenvalue weighted by Gasteiger charge is -2.42. The number of ether oxygens (including phenoxy) is 4. The predicted molar refractivity (Wildman–Crippen MR) is 134 cm³/mol. The molecular weight excluding hydrogens is 526 g/mol. The summed E-state index contributed by atoms with van der Waals surface area (Å²) in [6.07, 6.45) is -3.28. The molecule has 5 N–H and O–H groups in total. The number of methoxy groups -OCH3 is 1. The first-order valence-corrected chi connectivity index (χ1v) is 13.0. The van der Waals surface area contributed by atoms with Gasteiger partial charge in [-0.2, -0.15) is 0 Å². The van der Waals surface area contributed by atoms with Crippen LogP contribution in [0.5, 0.6) is 17.2 Å². The second-order valence-electron chi connectivity index (χ2n) is 10.6. The number of ketones is 3. The summed E-state index contributed by atoms with van der Waals surface area (Å²) in [5, 5.41) is 47.1. The van der Waals surface area contributed by atoms with Crippen molar-refractivity contribution in [3.05, 3.63) is 51.6 Å². The highest BCUT2D eigenvalue weighted by Crippen LogP contribution is 2.52. The van der Waals surface area contributed by atoms with Crippen molar-refractivity contribution < 1.29 is 53.8 Å². The molecule has 4 aliphatic rings. The van der Waals surface area contributed by atoms with Crippen molar-refractivity contribution in [2.75, 3.05) is 20.4 Å². The van der Waals surface area contributed by atoms with Crippen molar-refractivity contribution in [3.8, 4) is 17.2 Å². The molecule has 0 amide bonds. The number of carbonyl (C=O) groups is 3. The van der Waals surface area contributed by atoms with Crippen LogP contribution in [-0.4, -0.2) is 88.4 Å². The van der Waals surface area contributed by atoms with E-state index >= 15 is 0 Å². The molecule has 2 aliphatic carbocycles. The van der Waals surface area contributed by atoms with E-state index in [0.29, 0.717) is 13.2 Å². The van der Waals surface area contributed by atoms with Crippen molar-refractivity contribution >= 4 is 17.3 Å². The summed E-state index contributed by atoms with van der Waals surface area (Å²) in [6, 6.07) is 4.34. The lowest BCUT2D eigenvalue weighted by atomic mass is 9.72. The molecule has 2 saturated heterocycles. The number of rotatable bonds is 5. The Morgan fingerprint density at radius 3 is 2.62 bits per heavy atom. The number of fused-ring (bicyclic) bond motifs is 4. The van der Waals surface area contributed by atoms with Gasteiger partial charge in [0.2, 0.25) is 5.78 Å². The molecule has 212 valence electrons. The maximum atomic E-state index is 13.7. The van der Waals surface area contributed by atoms with E-state index in [1.807, 2.05) is 6.92 Å². The Balaban J connectivity index is 1.49. The van der Waals surface area contributed by atoms with Gasteiger partial charge < -0.3 is 39.4 Å². The summed E-state index contributed by atoms with van der Waals surface area (Å²) in [4.78, 5) is 39.9. The van der Waals surface area contributed by atoms with E-state index in [9.17, 15) is 34.8 Å². The first-order valence-electron chi connectivity index (χ1n) is 13.0. The fraction of sp³-hybridized carbons (Fsp3) is 0.464. The average Bonchev–Trinajstić information content (AvgIpc) is 3.41. The fourth-order valence-corrected chi connectivity index (χ4v) is 6.41. The number of Topliss-reactive ketones (excluding diaryl/α,β-unsaturated/α-hetero) is 1. The Hall–Kier alpha value is -3.39. The van der Waals surface area contributed by atoms with E-state index in [2.05, 4.69) is 5.32 Å². The zero-order valence-electron chi connectivity index (χ0n) is 21.8. The van der Waals surface area contributed by atoms with Gasteiger partial charge in [0.05, 0.1) is 42.7 Å². The highest BCUT2D eigenvalue weighted by atomic mass is 16.7. The summed E-state index contributed by atoms with van der Waals surface area (Å²) in [5.74, 6) is -3.53. The van der Waals surface area contributed by atoms with Gasteiger partial charge in [-0.3, -0.25) is 19.7 Å². The first kappa shape index (κ1) is 26.8. The normalized spacial score (nSPS) is 30.8. The first-order chi connectivity index (χ1) is 19.1. The molecule has 0 saturated carbocycles. The van der Waals surface area contributed by atoms with Crippen LogP contribution in [0.4, 0.5) is 0 Å². The summed E-state index contributed by atoms with van der Waals surface area (Å²) in [5.41, 5.74) is -3.31. The number of benzene rings is 2. The van der Waals surface area contributed by atoms with Gasteiger partial charge in [-0.15, -0.1) is 0 Å². The van der Waals surface area contributed by atoms with Crippen molar-refractivity contribution in [3.63, 3.8) is 0 Å². The SMILES string of the molecule is COc1cccc2c1C(=O)c1c(O)c3c(c(O)c1C2=O)C[C@@](O)(C(=O)CO)C[C@@H]3O[C@H]1C[C@@H]2NCO[C@@H]2[C@H](C)O1. The van der Waals surface area contributed by atoms with Crippen LogP contribution in [0, 0.1) is 0 Å². The third-order valence-electron chi connectivity index (χ3n) is 8.35. The summed E-state index contributed by atoms with van der Waals surface area (Å²) >= 11 is 0. The van der Waals surface area contributed by atoms with Gasteiger partial charge in [-0.25, -0.2) is 0 Å². The summed E-state index contributed by atoms with van der Waals surface area (Å²) in [6.45, 7) is 1.17. The second kappa shape index (κ2) is 9.61. The molecule has 0 unspecified atom stereocenters. The smallest absolute Gasteiger partial charge is 0.202 e. The summed E-state index contributed by atoms with van der Waals surface area (Å²) in [7, 11) is 1.34. The molecule has 2 fully saturated rings. The van der Waals surface area contributed by atoms with Crippen LogP contribution in [0.3, 0.4) is 0 Å². The van der Waals surface area contributed by atoms with E-state index in [1.165, 1.54) is 25.3 Å². The van der Waals surface area contributed by atoms with Gasteiger partial charge >= 0.3 is 0 Å². The number of hydrogen-bond acceptors (Lipinski definition) is 12. The third kappa shape index (κ3) is 3.86. The molecule has 0 radical (unpaired) electrons. The fourth-order valence-electron chi connectivity index (χ4n) is 6.41. The van der Waals surface area contributed by atoms with Crippen LogP contribution in [0.25, 0.3) is 0 Å². The van der Waals surface area contributed by atoms with Crippen molar-refractivity contribution in [2.45, 2.75) is 62.4 Å². The molecule has 2 heterocycles. The van der Waals surface area contributed by atoms with Gasteiger partial charge in [0.15, 0.2) is 17.9 Å². The Bertz CT molecular complexity index is 1440. The number of aliphatic hydroxyl groups excluding tert-OH is 1. The number of carbonyl (C=O) groups excluding carboxylic acids is 3. The molecule has 0 bridgehead atoms. The van der Waals surface area contributed by atoms with Crippen LogP contribution in [-0.2, 0) is 25.4 Å². The molecule has 12 heteroatoms. The van der Waals surface area contributed by atoms with Crippen LogP contribution < -0.4 is 10.1 Å². The van der Waals surface area contributed by atoms with Crippen molar-refractivity contribution in [2.24, 2.45) is 0 Å². The zero-order chi connectivity index (χ0) is 28.5. The van der Waals surface area contributed by atoms with Gasteiger partial charge in [0.25, 0.3) is 0 Å². The van der Waals surface area contributed by atoms with E-state index in [1.54, 1.807) is 0 Å². The molecule has 40 heavy (non-hydrogen) atoms. The van der Waals surface area contributed by atoms with E-state index in [-0.39, 0.29) is 46.3 Å². The standard InChI is InChI=1S/C28H29NO11/c1-11-27-14(29-10-38-27)6-18(39-11)40-16-8-28(36,17(31)9-30)7-13-20(16)26(35)22-21(24(13)33)23(32)12-4-3-5-15(37-2)19(12)25(22)34/h3-5,11,14,16,18,27,29-30,33,35-36H,6-10H2,1-2H3/t11-,14-,16-,18-,27+,28-/m0/s1. The van der Waals surface area contributed by atoms with E-state index in [4.69, 9.17) is 18.9 Å². The lowest BCUT2D eigenvalue weighted by Crippen LogP contribution is -2.51. The molecule has 2 aromatic rings. The Labute approximate surface area is 228 Å². The van der Waals surface area contributed by atoms with E-state index < -0.39 is 77.4 Å². The largest absolute Gasteiger partial charge is 0.507 e. The van der Waals surface area contributed by atoms with Crippen LogP contribution in [0.1, 0.15) is 68.8 Å². The van der Waals surface area contributed by atoms with Gasteiger partial charge in [0.1, 0.15) is 35.6 Å². The highest BCUT2D eigenvalue weighted by Gasteiger charge is 2.50. The third-order valence-corrected chi connectivity index (χ3v) is 8.35. The molecule has 2 aliphatic heterocycles. The summed E-state index contributed by atoms with van der Waals surface area (Å²) < 4.78 is 23.2. The van der Waals surface area contributed by atoms with E-state index in [0.717, 1.165) is 0 Å². The molecule has 0 aromatic heterocycles. The number of aliphatic hydroxyl groups is 2. The van der Waals surface area contributed by atoms with Gasteiger partial charge in [-0.1, -0.05) is 12.1 Å². The van der Waals surface area contributed by atoms with Crippen LogP contribution in [0.2, 0.25) is 0 Å². The van der Waals surface area contributed by atoms with Crippen molar-refractivity contribution in [1.29, 1.82) is 0 Å². The Morgan fingerprint density at radius 2 is 1.90 bits per heavy atom. The quantitative estimate of drug-likeness (QED) is 0.278. The lowest BCUT2D eigenvalue weighted by molar-refractivity contribution is -0.244. The maximum Gasteiger partial charge on any atom is 0.202 e. The Morgan fingerprint density at radius 1 is 1.15 bits per heavy atom. The maximum absolute atomic E-state index is 13.7. The number of phenolic OH excluding ortho intramolecular Hbond substituents is 2. The molecule has 2 aromatic carbocycles. The molecular formula is C28H29NO11. The minimum absolute atomic E-state index is 0.0257. The minimum Gasteiger partial charge on any atom is -0.507 e. The minimum atomic E-state index is -2.19. The topological polar surface area (TPSA) is 181 Å². The number of hydrogen-bond donors (Lipinski definition) is 5. The van der Waals surface area contributed by atoms with Gasteiger partial charge in [0, 0.05) is 42.0 Å².